The van der Waals surface area contributed by atoms with Crippen molar-refractivity contribution >= 4 is 0 Å². The van der Waals surface area contributed by atoms with E-state index in [1.807, 2.05) is 18.3 Å². The van der Waals surface area contributed by atoms with E-state index in [-0.39, 0.29) is 20.1 Å². The van der Waals surface area contributed by atoms with Crippen LogP contribution in [0.2, 0.25) is 0 Å². The van der Waals surface area contributed by atoms with E-state index in [0.717, 1.165) is 17.1 Å². The van der Waals surface area contributed by atoms with Gasteiger partial charge in [0.15, 0.2) is 0 Å². The Labute approximate surface area is 143 Å². The van der Waals surface area contributed by atoms with E-state index < -0.39 is 0 Å². The fourth-order valence-electron chi connectivity index (χ4n) is 2.53. The third-order valence-electron chi connectivity index (χ3n) is 3.49. The number of para-hydroxylation sites is 1. The molecule has 3 rings (SSSR count). The number of nitriles is 1. The minimum absolute atomic E-state index is 0. The second-order valence-electron chi connectivity index (χ2n) is 4.96. The summed E-state index contributed by atoms with van der Waals surface area (Å²) >= 11 is 0. The van der Waals surface area contributed by atoms with Gasteiger partial charge >= 0.3 is 0 Å². The van der Waals surface area contributed by atoms with Crippen molar-refractivity contribution < 1.29 is 20.1 Å². The molecule has 0 spiro atoms. The van der Waals surface area contributed by atoms with E-state index in [4.69, 9.17) is 5.26 Å². The summed E-state index contributed by atoms with van der Waals surface area (Å²) in [4.78, 5) is 4.44. The number of hydrogen-bond donors (Lipinski definition) is 0. The summed E-state index contributed by atoms with van der Waals surface area (Å²) in [5.41, 5.74) is 4.93. The Morgan fingerprint density at radius 3 is 2.59 bits per heavy atom. The van der Waals surface area contributed by atoms with Crippen molar-refractivity contribution in [3.63, 3.8) is 0 Å². The zero-order valence-corrected chi connectivity index (χ0v) is 14.7. The van der Waals surface area contributed by atoms with E-state index in [1.165, 1.54) is 11.1 Å². The van der Waals surface area contributed by atoms with Crippen LogP contribution in [0.25, 0.3) is 17.1 Å². The summed E-state index contributed by atoms with van der Waals surface area (Å²) in [6.45, 7) is 4.17. The summed E-state index contributed by atoms with van der Waals surface area (Å²) < 4.78 is 2.05. The van der Waals surface area contributed by atoms with Gasteiger partial charge in [-0.1, -0.05) is 18.2 Å². The number of nitrogens with zero attached hydrogens (tertiary/aromatic N) is 3. The SMILES string of the molecule is Cc1cccc(C)c1-n1ccnc1-c1[c-]ccc(C#N)c1.[Ir]. The van der Waals surface area contributed by atoms with Gasteiger partial charge in [-0.05, 0) is 30.5 Å². The minimum atomic E-state index is 0. The van der Waals surface area contributed by atoms with E-state index in [1.54, 1.807) is 18.3 Å². The van der Waals surface area contributed by atoms with Crippen molar-refractivity contribution in [1.82, 2.24) is 9.55 Å². The van der Waals surface area contributed by atoms with Crippen LogP contribution in [0.5, 0.6) is 0 Å². The third kappa shape index (κ3) is 2.87. The van der Waals surface area contributed by atoms with Crippen LogP contribution >= 0.6 is 0 Å². The number of imidazole rings is 1. The van der Waals surface area contributed by atoms with Crippen molar-refractivity contribution in [2.24, 2.45) is 0 Å². The van der Waals surface area contributed by atoms with E-state index >= 15 is 0 Å². The molecule has 3 nitrogen and oxygen atoms in total. The van der Waals surface area contributed by atoms with Gasteiger partial charge in [0.05, 0.1) is 11.9 Å². The number of rotatable bonds is 2. The van der Waals surface area contributed by atoms with Gasteiger partial charge in [0, 0.05) is 38.2 Å². The Hall–Kier alpha value is -2.21. The summed E-state index contributed by atoms with van der Waals surface area (Å²) in [5.74, 6) is 0.796. The standard InChI is InChI=1S/C18H14N3.Ir/c1-13-5-3-6-14(2)17(13)21-10-9-20-18(21)16-8-4-7-15(11-16)12-19;/h3-7,9-11H,1-2H3;/q-1;. The van der Waals surface area contributed by atoms with Crippen LogP contribution in [0, 0.1) is 31.2 Å². The molecule has 0 saturated heterocycles. The van der Waals surface area contributed by atoms with Gasteiger partial charge in [-0.25, -0.2) is 0 Å². The minimum Gasteiger partial charge on any atom is -0.340 e. The van der Waals surface area contributed by atoms with E-state index in [9.17, 15) is 0 Å². The molecule has 0 N–H and O–H groups in total. The van der Waals surface area contributed by atoms with Crippen molar-refractivity contribution in [2.75, 3.05) is 0 Å². The molecule has 1 aromatic heterocycles. The second-order valence-corrected chi connectivity index (χ2v) is 4.96. The first-order chi connectivity index (χ1) is 10.2. The van der Waals surface area contributed by atoms with Gasteiger partial charge in [-0.2, -0.15) is 5.26 Å². The molecular formula is C18H14IrN3-. The maximum absolute atomic E-state index is 9.04. The molecule has 0 unspecified atom stereocenters. The largest absolute Gasteiger partial charge is 0.340 e. The summed E-state index contributed by atoms with van der Waals surface area (Å²) in [6.07, 6.45) is 3.71. The van der Waals surface area contributed by atoms with Crippen LogP contribution < -0.4 is 0 Å². The van der Waals surface area contributed by atoms with Crippen LogP contribution in [0.4, 0.5) is 0 Å². The number of benzene rings is 2. The van der Waals surface area contributed by atoms with Crippen LogP contribution in [-0.2, 0) is 20.1 Å². The van der Waals surface area contributed by atoms with Gasteiger partial charge in [-0.15, -0.1) is 29.8 Å². The molecule has 0 saturated carbocycles. The van der Waals surface area contributed by atoms with E-state index in [0.29, 0.717) is 5.56 Å². The van der Waals surface area contributed by atoms with Gasteiger partial charge in [0.2, 0.25) is 0 Å². The molecule has 2 aromatic carbocycles. The van der Waals surface area contributed by atoms with Crippen LogP contribution in [0.3, 0.4) is 0 Å². The predicted octanol–water partition coefficient (Wildman–Crippen LogP) is 3.83. The van der Waals surface area contributed by atoms with Crippen LogP contribution in [0.1, 0.15) is 16.7 Å². The normalized spacial score (nSPS) is 9.86. The quantitative estimate of drug-likeness (QED) is 0.541. The molecule has 0 aliphatic rings. The van der Waals surface area contributed by atoms with Gasteiger partial charge in [0.1, 0.15) is 0 Å². The molecule has 0 aliphatic carbocycles. The first-order valence-electron chi connectivity index (χ1n) is 6.73. The number of hydrogen-bond acceptors (Lipinski definition) is 2. The fourth-order valence-corrected chi connectivity index (χ4v) is 2.53. The Balaban J connectivity index is 0.00000176. The Morgan fingerprint density at radius 1 is 1.18 bits per heavy atom. The third-order valence-corrected chi connectivity index (χ3v) is 3.49. The summed E-state index contributed by atoms with van der Waals surface area (Å²) in [7, 11) is 0. The first kappa shape index (κ1) is 16.2. The van der Waals surface area contributed by atoms with Crippen molar-refractivity contribution in [3.8, 4) is 23.1 Å². The Kier molecular flexibility index (Phi) is 4.92. The molecule has 4 heteroatoms. The Morgan fingerprint density at radius 2 is 1.91 bits per heavy atom. The van der Waals surface area contributed by atoms with Crippen molar-refractivity contribution in [2.45, 2.75) is 13.8 Å². The molecule has 3 aromatic rings. The fraction of sp³-hybridized carbons (Fsp3) is 0.111. The monoisotopic (exact) mass is 465 g/mol. The predicted molar refractivity (Wildman–Crippen MR) is 82.0 cm³/mol. The van der Waals surface area contributed by atoms with Gasteiger partial charge < -0.3 is 4.57 Å². The molecule has 0 amide bonds. The molecule has 1 radical (unpaired) electrons. The number of aryl methyl sites for hydroxylation is 2. The molecule has 111 valence electrons. The molecule has 0 aliphatic heterocycles. The Bertz CT molecular complexity index is 823. The molecular weight excluding hydrogens is 450 g/mol. The molecule has 0 atom stereocenters. The molecule has 0 bridgehead atoms. The average molecular weight is 465 g/mol. The van der Waals surface area contributed by atoms with Crippen molar-refractivity contribution in [1.29, 1.82) is 5.26 Å². The second kappa shape index (κ2) is 6.70. The smallest absolute Gasteiger partial charge is 0.0789 e. The number of aromatic nitrogens is 2. The topological polar surface area (TPSA) is 41.6 Å². The molecule has 0 fully saturated rings. The zero-order valence-electron chi connectivity index (χ0n) is 12.3. The van der Waals surface area contributed by atoms with Gasteiger partial charge in [-0.3, -0.25) is 4.98 Å². The van der Waals surface area contributed by atoms with Crippen molar-refractivity contribution in [3.05, 3.63) is 71.5 Å². The summed E-state index contributed by atoms with van der Waals surface area (Å²) in [5, 5.41) is 9.04. The first-order valence-corrected chi connectivity index (χ1v) is 6.73. The zero-order chi connectivity index (χ0) is 14.8. The van der Waals surface area contributed by atoms with Gasteiger partial charge in [0.25, 0.3) is 0 Å². The average Bonchev–Trinajstić information content (AvgIpc) is 2.96. The molecule has 22 heavy (non-hydrogen) atoms. The molecule has 1 heterocycles. The maximum Gasteiger partial charge on any atom is 0.0789 e. The van der Waals surface area contributed by atoms with Crippen LogP contribution in [0.15, 0.2) is 48.8 Å². The maximum atomic E-state index is 9.04. The van der Waals surface area contributed by atoms with E-state index in [2.05, 4.69) is 47.7 Å². The van der Waals surface area contributed by atoms with Crippen LogP contribution in [-0.4, -0.2) is 9.55 Å². The summed E-state index contributed by atoms with van der Waals surface area (Å²) in [6, 6.07) is 16.9.